The SMILES string of the molecule is CCCC[C@]12OC(C)(C)O[C@@]1([SiH](C)C)CN[C@@H]2CO. The maximum Gasteiger partial charge on any atom is 0.164 e. The second kappa shape index (κ2) is 5.11. The fourth-order valence-electron chi connectivity index (χ4n) is 3.96. The van der Waals surface area contributed by atoms with Crippen LogP contribution in [0, 0.1) is 0 Å². The zero-order valence-electron chi connectivity index (χ0n) is 13.0. The van der Waals surface area contributed by atoms with Crippen molar-refractivity contribution in [1.82, 2.24) is 5.32 Å². The van der Waals surface area contributed by atoms with Crippen LogP contribution in [0.1, 0.15) is 40.0 Å². The molecule has 19 heavy (non-hydrogen) atoms. The molecular formula is C14H29NO3Si. The van der Waals surface area contributed by atoms with Crippen LogP contribution < -0.4 is 5.32 Å². The average Bonchev–Trinajstić information content (AvgIpc) is 2.73. The molecule has 5 heteroatoms. The molecule has 112 valence electrons. The van der Waals surface area contributed by atoms with Crippen LogP contribution in [0.3, 0.4) is 0 Å². The van der Waals surface area contributed by atoms with Gasteiger partial charge >= 0.3 is 0 Å². The molecule has 2 aliphatic rings. The summed E-state index contributed by atoms with van der Waals surface area (Å²) in [5.41, 5.74) is -0.346. The maximum atomic E-state index is 9.76. The van der Waals surface area contributed by atoms with Gasteiger partial charge in [-0.3, -0.25) is 0 Å². The standard InChI is InChI=1S/C14H29NO3Si/c1-6-7-8-13-11(9-16)15-10-14(13,19(4)5)18-12(2,3)17-13/h11,15-16,19H,6-10H2,1-5H3/t11-,13-,14-/m1/s1. The van der Waals surface area contributed by atoms with Crippen LogP contribution in [-0.2, 0) is 9.47 Å². The van der Waals surface area contributed by atoms with Crippen LogP contribution in [0.2, 0.25) is 13.1 Å². The van der Waals surface area contributed by atoms with Gasteiger partial charge in [0.05, 0.1) is 21.4 Å². The van der Waals surface area contributed by atoms with E-state index in [1.807, 2.05) is 13.8 Å². The van der Waals surface area contributed by atoms with Crippen molar-refractivity contribution in [2.45, 2.75) is 75.8 Å². The summed E-state index contributed by atoms with van der Waals surface area (Å²) in [6.45, 7) is 11.8. The number of hydrogen-bond donors (Lipinski definition) is 2. The zero-order valence-corrected chi connectivity index (χ0v) is 14.1. The van der Waals surface area contributed by atoms with E-state index in [1.54, 1.807) is 0 Å². The Hall–Kier alpha value is 0.0569. The molecule has 0 saturated carbocycles. The minimum Gasteiger partial charge on any atom is -0.395 e. The largest absolute Gasteiger partial charge is 0.395 e. The fourth-order valence-corrected chi connectivity index (χ4v) is 6.39. The molecule has 2 heterocycles. The Bertz CT molecular complexity index is 337. The van der Waals surface area contributed by atoms with E-state index in [9.17, 15) is 5.11 Å². The van der Waals surface area contributed by atoms with Crippen LogP contribution in [0.25, 0.3) is 0 Å². The summed E-state index contributed by atoms with van der Waals surface area (Å²) < 4.78 is 12.8. The lowest BCUT2D eigenvalue weighted by atomic mass is 9.86. The summed E-state index contributed by atoms with van der Waals surface area (Å²) in [4.78, 5) is 0. The van der Waals surface area contributed by atoms with Crippen LogP contribution in [0.5, 0.6) is 0 Å². The average molecular weight is 287 g/mol. The molecule has 0 aromatic rings. The first-order valence-corrected chi connectivity index (χ1v) is 10.5. The van der Waals surface area contributed by atoms with Gasteiger partial charge in [0.15, 0.2) is 5.79 Å². The third-order valence-corrected chi connectivity index (χ3v) is 7.44. The number of fused-ring (bicyclic) bond motifs is 1. The summed E-state index contributed by atoms with van der Waals surface area (Å²) in [6, 6.07) is -0.00396. The first kappa shape index (κ1) is 15.4. The van der Waals surface area contributed by atoms with Crippen molar-refractivity contribution < 1.29 is 14.6 Å². The minimum absolute atomic E-state index is 0.00396. The van der Waals surface area contributed by atoms with Crippen molar-refractivity contribution in [2.75, 3.05) is 13.2 Å². The Balaban J connectivity index is 2.42. The third kappa shape index (κ3) is 2.19. The van der Waals surface area contributed by atoms with Gasteiger partial charge < -0.3 is 19.9 Å². The number of unbranched alkanes of at least 4 members (excludes halogenated alkanes) is 1. The molecular weight excluding hydrogens is 258 g/mol. The first-order chi connectivity index (χ1) is 8.83. The Morgan fingerprint density at radius 2 is 2.00 bits per heavy atom. The highest BCUT2D eigenvalue weighted by atomic mass is 28.3. The Morgan fingerprint density at radius 3 is 2.53 bits per heavy atom. The molecule has 2 aliphatic heterocycles. The summed E-state index contributed by atoms with van der Waals surface area (Å²) in [5, 5.41) is 13.0. The monoisotopic (exact) mass is 287 g/mol. The molecule has 3 atom stereocenters. The minimum atomic E-state index is -1.12. The van der Waals surface area contributed by atoms with E-state index in [0.717, 1.165) is 25.8 Å². The summed E-state index contributed by atoms with van der Waals surface area (Å²) in [6.07, 6.45) is 3.22. The molecule has 0 amide bonds. The molecule has 0 aromatic heterocycles. The Kier molecular flexibility index (Phi) is 4.16. The highest BCUT2D eigenvalue weighted by Crippen LogP contribution is 2.52. The number of aliphatic hydroxyl groups is 1. The summed E-state index contributed by atoms with van der Waals surface area (Å²) in [5.74, 6) is -0.541. The van der Waals surface area contributed by atoms with Gasteiger partial charge in [0, 0.05) is 6.54 Å². The van der Waals surface area contributed by atoms with Gasteiger partial charge in [-0.15, -0.1) is 0 Å². The lowest BCUT2D eigenvalue weighted by Gasteiger charge is -2.41. The molecule has 0 aliphatic carbocycles. The van der Waals surface area contributed by atoms with Crippen molar-refractivity contribution in [3.63, 3.8) is 0 Å². The topological polar surface area (TPSA) is 50.7 Å². The van der Waals surface area contributed by atoms with Crippen molar-refractivity contribution in [3.05, 3.63) is 0 Å². The number of hydrogen-bond acceptors (Lipinski definition) is 4. The van der Waals surface area contributed by atoms with Crippen LogP contribution >= 0.6 is 0 Å². The van der Waals surface area contributed by atoms with E-state index in [-0.39, 0.29) is 23.5 Å². The predicted octanol–water partition coefficient (Wildman–Crippen LogP) is 1.43. The highest BCUT2D eigenvalue weighted by molar-refractivity contribution is 6.60. The molecule has 0 radical (unpaired) electrons. The van der Waals surface area contributed by atoms with E-state index in [4.69, 9.17) is 9.47 Å². The van der Waals surface area contributed by atoms with E-state index in [2.05, 4.69) is 25.3 Å². The fraction of sp³-hybridized carbons (Fsp3) is 1.00. The summed E-state index contributed by atoms with van der Waals surface area (Å²) >= 11 is 0. The summed E-state index contributed by atoms with van der Waals surface area (Å²) in [7, 11) is -1.12. The molecule has 0 aromatic carbocycles. The molecule has 0 bridgehead atoms. The maximum absolute atomic E-state index is 9.76. The number of rotatable bonds is 5. The second-order valence-electron chi connectivity index (χ2n) is 6.76. The quantitative estimate of drug-likeness (QED) is 0.751. The number of ether oxygens (including phenoxy) is 2. The molecule has 2 N–H and O–H groups in total. The normalized spacial score (nSPS) is 40.9. The lowest BCUT2D eigenvalue weighted by Crippen LogP contribution is -2.61. The van der Waals surface area contributed by atoms with Gasteiger partial charge in [-0.25, -0.2) is 0 Å². The number of aliphatic hydroxyl groups excluding tert-OH is 1. The van der Waals surface area contributed by atoms with Crippen molar-refractivity contribution in [2.24, 2.45) is 0 Å². The van der Waals surface area contributed by atoms with Crippen molar-refractivity contribution >= 4 is 8.80 Å². The molecule has 0 spiro atoms. The number of nitrogens with one attached hydrogen (secondary N) is 1. The van der Waals surface area contributed by atoms with Gasteiger partial charge in [-0.05, 0) is 20.3 Å². The van der Waals surface area contributed by atoms with E-state index >= 15 is 0 Å². The van der Waals surface area contributed by atoms with Gasteiger partial charge in [-0.2, -0.15) is 0 Å². The Labute approximate surface area is 118 Å². The van der Waals surface area contributed by atoms with Gasteiger partial charge in [-0.1, -0.05) is 32.9 Å². The first-order valence-electron chi connectivity index (χ1n) is 7.58. The van der Waals surface area contributed by atoms with E-state index in [0.29, 0.717) is 0 Å². The lowest BCUT2D eigenvalue weighted by molar-refractivity contribution is -0.177. The molecule has 2 rings (SSSR count). The van der Waals surface area contributed by atoms with Crippen LogP contribution in [0.4, 0.5) is 0 Å². The van der Waals surface area contributed by atoms with Crippen molar-refractivity contribution in [1.29, 1.82) is 0 Å². The van der Waals surface area contributed by atoms with Gasteiger partial charge in [0.1, 0.15) is 10.8 Å². The predicted molar refractivity (Wildman–Crippen MR) is 79.0 cm³/mol. The van der Waals surface area contributed by atoms with E-state index < -0.39 is 14.6 Å². The second-order valence-corrected chi connectivity index (χ2v) is 10.00. The third-order valence-electron chi connectivity index (χ3n) is 4.76. The van der Waals surface area contributed by atoms with Gasteiger partial charge in [0.25, 0.3) is 0 Å². The smallest absolute Gasteiger partial charge is 0.164 e. The molecule has 4 nitrogen and oxygen atoms in total. The molecule has 0 unspecified atom stereocenters. The van der Waals surface area contributed by atoms with Gasteiger partial charge in [0.2, 0.25) is 0 Å². The van der Waals surface area contributed by atoms with E-state index in [1.165, 1.54) is 0 Å². The van der Waals surface area contributed by atoms with Crippen LogP contribution in [0.15, 0.2) is 0 Å². The molecule has 2 saturated heterocycles. The highest BCUT2D eigenvalue weighted by Gasteiger charge is 2.70. The molecule has 2 fully saturated rings. The Morgan fingerprint density at radius 1 is 1.32 bits per heavy atom. The van der Waals surface area contributed by atoms with Crippen molar-refractivity contribution in [3.8, 4) is 0 Å². The van der Waals surface area contributed by atoms with Crippen LogP contribution in [-0.4, -0.2) is 49.7 Å². The zero-order chi connectivity index (χ0) is 14.3.